The summed E-state index contributed by atoms with van der Waals surface area (Å²) >= 11 is 0. The molecule has 1 heterocycles. The normalized spacial score (nSPS) is 17.6. The number of hydrogen-bond acceptors (Lipinski definition) is 5. The number of rotatable bonds is 4. The fourth-order valence-corrected chi connectivity index (χ4v) is 4.09. The maximum absolute atomic E-state index is 12.2. The average molecular weight is 334 g/mol. The second kappa shape index (κ2) is 5.82. The monoisotopic (exact) mass is 334 g/mol. The summed E-state index contributed by atoms with van der Waals surface area (Å²) in [5, 5.41) is 9.72. The molecular weight excluding hydrogens is 316 g/mol. The lowest BCUT2D eigenvalue weighted by Crippen LogP contribution is -2.39. The number of nitrogens with one attached hydrogen (secondary N) is 1. The minimum Gasteiger partial charge on any atom is -0.506 e. The molecule has 7 nitrogen and oxygen atoms in total. The van der Waals surface area contributed by atoms with Crippen molar-refractivity contribution in [2.75, 3.05) is 24.1 Å². The molecule has 0 aliphatic carbocycles. The van der Waals surface area contributed by atoms with Crippen molar-refractivity contribution < 1.29 is 21.9 Å². The van der Waals surface area contributed by atoms with Crippen molar-refractivity contribution >= 4 is 25.7 Å². The minimum absolute atomic E-state index is 0.0587. The van der Waals surface area contributed by atoms with Crippen molar-refractivity contribution in [2.24, 2.45) is 0 Å². The van der Waals surface area contributed by atoms with Gasteiger partial charge in [-0.2, -0.15) is 12.7 Å². The maximum Gasteiger partial charge on any atom is 0.301 e. The fraction of sp³-hybridized carbons (Fsp3) is 0.500. The van der Waals surface area contributed by atoms with E-state index in [1.165, 1.54) is 10.4 Å². The first-order valence-corrected chi connectivity index (χ1v) is 9.84. The van der Waals surface area contributed by atoms with Gasteiger partial charge in [0.1, 0.15) is 5.75 Å². The summed E-state index contributed by atoms with van der Waals surface area (Å²) in [5.74, 6) is -0.317. The Bertz CT molecular complexity index is 722. The first kappa shape index (κ1) is 16.1. The van der Waals surface area contributed by atoms with Crippen LogP contribution in [0.5, 0.6) is 5.75 Å². The summed E-state index contributed by atoms with van der Waals surface area (Å²) in [6.07, 6.45) is 3.58. The maximum atomic E-state index is 12.2. The number of sulfone groups is 1. The van der Waals surface area contributed by atoms with E-state index in [0.717, 1.165) is 37.7 Å². The van der Waals surface area contributed by atoms with E-state index in [1.54, 1.807) is 0 Å². The van der Waals surface area contributed by atoms with Gasteiger partial charge in [0.05, 0.1) is 10.6 Å². The molecule has 0 bridgehead atoms. The van der Waals surface area contributed by atoms with Crippen molar-refractivity contribution in [2.45, 2.75) is 24.2 Å². The number of phenolic OH excluding ortho intramolecular Hbond substituents is 1. The van der Waals surface area contributed by atoms with Crippen LogP contribution in [-0.2, 0) is 20.0 Å². The number of nitrogens with zero attached hydrogens (tertiary/aromatic N) is 1. The molecule has 2 rings (SSSR count). The van der Waals surface area contributed by atoms with Gasteiger partial charge in [-0.3, -0.25) is 4.72 Å². The van der Waals surface area contributed by atoms with Crippen LogP contribution in [0.25, 0.3) is 0 Å². The molecule has 0 radical (unpaired) electrons. The summed E-state index contributed by atoms with van der Waals surface area (Å²) in [6.45, 7) is 0.837. The Morgan fingerprint density at radius 2 is 1.71 bits per heavy atom. The first-order valence-electron chi connectivity index (χ1n) is 6.51. The zero-order chi connectivity index (χ0) is 15.7. The van der Waals surface area contributed by atoms with Crippen LogP contribution < -0.4 is 4.72 Å². The number of benzene rings is 1. The van der Waals surface area contributed by atoms with Gasteiger partial charge in [0, 0.05) is 19.3 Å². The molecule has 0 atom stereocenters. The molecule has 1 aromatic carbocycles. The highest BCUT2D eigenvalue weighted by Crippen LogP contribution is 2.28. The summed E-state index contributed by atoms with van der Waals surface area (Å²) in [6, 6.07) is 3.50. The molecule has 1 fully saturated rings. The average Bonchev–Trinajstić information content (AvgIpc) is 2.41. The predicted molar refractivity (Wildman–Crippen MR) is 79.2 cm³/mol. The van der Waals surface area contributed by atoms with Crippen molar-refractivity contribution in [1.82, 2.24) is 4.31 Å². The lowest BCUT2D eigenvalue weighted by atomic mass is 10.2. The molecule has 118 valence electrons. The molecule has 21 heavy (non-hydrogen) atoms. The van der Waals surface area contributed by atoms with Gasteiger partial charge < -0.3 is 5.11 Å². The third kappa shape index (κ3) is 3.86. The molecule has 1 saturated heterocycles. The quantitative estimate of drug-likeness (QED) is 0.798. The van der Waals surface area contributed by atoms with Crippen molar-refractivity contribution in [3.05, 3.63) is 18.2 Å². The molecule has 0 amide bonds. The van der Waals surface area contributed by atoms with E-state index < -0.39 is 20.0 Å². The third-order valence-electron chi connectivity index (χ3n) is 3.29. The van der Waals surface area contributed by atoms with Gasteiger partial charge in [-0.25, -0.2) is 8.42 Å². The molecule has 1 aliphatic heterocycles. The van der Waals surface area contributed by atoms with Gasteiger partial charge in [0.25, 0.3) is 0 Å². The Labute approximate surface area is 124 Å². The van der Waals surface area contributed by atoms with E-state index in [4.69, 9.17) is 0 Å². The number of phenols is 1. The number of piperidine rings is 1. The minimum atomic E-state index is -3.79. The number of hydrogen-bond donors (Lipinski definition) is 2. The predicted octanol–water partition coefficient (Wildman–Crippen LogP) is 0.938. The highest BCUT2D eigenvalue weighted by Gasteiger charge is 2.25. The Morgan fingerprint density at radius 3 is 2.29 bits per heavy atom. The van der Waals surface area contributed by atoms with Crippen molar-refractivity contribution in [1.29, 1.82) is 0 Å². The van der Waals surface area contributed by atoms with Crippen LogP contribution in [-0.4, -0.2) is 45.6 Å². The number of aromatic hydroxyl groups is 1. The van der Waals surface area contributed by atoms with Crippen LogP contribution in [0.15, 0.2) is 23.1 Å². The van der Waals surface area contributed by atoms with Gasteiger partial charge in [0.2, 0.25) is 0 Å². The highest BCUT2D eigenvalue weighted by atomic mass is 32.2. The molecule has 0 spiro atoms. The molecule has 0 saturated carbocycles. The molecule has 1 aromatic rings. The van der Waals surface area contributed by atoms with Crippen LogP contribution in [0.4, 0.5) is 5.69 Å². The van der Waals surface area contributed by atoms with Gasteiger partial charge in [-0.05, 0) is 31.0 Å². The molecule has 9 heteroatoms. The standard InChI is InChI=1S/C12H18N2O5S2/c1-20(16,17)10-5-6-12(15)11(9-10)13-21(18,19)14-7-3-2-4-8-14/h5-6,9,13,15H,2-4,7-8H2,1H3. The van der Waals surface area contributed by atoms with Gasteiger partial charge in [-0.15, -0.1) is 0 Å². The SMILES string of the molecule is CS(=O)(=O)c1ccc(O)c(NS(=O)(=O)N2CCCCC2)c1. The van der Waals surface area contributed by atoms with E-state index in [9.17, 15) is 21.9 Å². The second-order valence-corrected chi connectivity index (χ2v) is 8.70. The topological polar surface area (TPSA) is 104 Å². The third-order valence-corrected chi connectivity index (χ3v) is 5.92. The van der Waals surface area contributed by atoms with Crippen LogP contribution in [0.3, 0.4) is 0 Å². The zero-order valence-corrected chi connectivity index (χ0v) is 13.2. The number of anilines is 1. The van der Waals surface area contributed by atoms with Crippen LogP contribution in [0.1, 0.15) is 19.3 Å². The van der Waals surface area contributed by atoms with E-state index in [1.807, 2.05) is 0 Å². The molecule has 1 aliphatic rings. The zero-order valence-electron chi connectivity index (χ0n) is 11.6. The van der Waals surface area contributed by atoms with E-state index in [-0.39, 0.29) is 16.3 Å². The van der Waals surface area contributed by atoms with Crippen LogP contribution in [0, 0.1) is 0 Å². The summed E-state index contributed by atoms with van der Waals surface area (Å²) < 4.78 is 51.0. The van der Waals surface area contributed by atoms with Crippen molar-refractivity contribution in [3.8, 4) is 5.75 Å². The summed E-state index contributed by atoms with van der Waals surface area (Å²) in [4.78, 5) is -0.0587. The van der Waals surface area contributed by atoms with E-state index in [2.05, 4.69) is 4.72 Å². The molecule has 0 aromatic heterocycles. The van der Waals surface area contributed by atoms with Gasteiger partial charge in [0.15, 0.2) is 9.84 Å². The molecular formula is C12H18N2O5S2. The van der Waals surface area contributed by atoms with E-state index >= 15 is 0 Å². The molecule has 2 N–H and O–H groups in total. The Kier molecular flexibility index (Phi) is 4.45. The smallest absolute Gasteiger partial charge is 0.301 e. The fourth-order valence-electron chi connectivity index (χ4n) is 2.14. The van der Waals surface area contributed by atoms with Gasteiger partial charge in [-0.1, -0.05) is 6.42 Å². The van der Waals surface area contributed by atoms with Gasteiger partial charge >= 0.3 is 10.2 Å². The first-order chi connectivity index (χ1) is 9.70. The van der Waals surface area contributed by atoms with Crippen molar-refractivity contribution in [3.63, 3.8) is 0 Å². The second-order valence-electron chi connectivity index (χ2n) is 5.02. The highest BCUT2D eigenvalue weighted by molar-refractivity contribution is 7.91. The summed E-state index contributed by atoms with van der Waals surface area (Å²) in [7, 11) is -7.27. The Hall–Kier alpha value is -1.32. The molecule has 0 unspecified atom stereocenters. The van der Waals surface area contributed by atoms with E-state index in [0.29, 0.717) is 13.1 Å². The summed E-state index contributed by atoms with van der Waals surface area (Å²) in [5.41, 5.74) is -0.136. The largest absolute Gasteiger partial charge is 0.506 e. The Morgan fingerprint density at radius 1 is 1.10 bits per heavy atom. The lowest BCUT2D eigenvalue weighted by molar-refractivity contribution is 0.349. The lowest BCUT2D eigenvalue weighted by Gasteiger charge is -2.26. The Balaban J connectivity index is 2.30. The van der Waals surface area contributed by atoms with Crippen LogP contribution >= 0.6 is 0 Å². The van der Waals surface area contributed by atoms with Crippen LogP contribution in [0.2, 0.25) is 0 Å².